The maximum Gasteiger partial charge on any atom is 0.411 e. The number of carbonyl (C=O) groups is 3. The van der Waals surface area contributed by atoms with Crippen molar-refractivity contribution >= 4 is 23.6 Å². The average Bonchev–Trinajstić information content (AvgIpc) is 3.00. The van der Waals surface area contributed by atoms with E-state index in [0.717, 1.165) is 0 Å². The summed E-state index contributed by atoms with van der Waals surface area (Å²) in [6.45, 7) is 3.67. The molecule has 0 aliphatic carbocycles. The van der Waals surface area contributed by atoms with Crippen LogP contribution in [0.3, 0.4) is 0 Å². The first kappa shape index (κ1) is 20.3. The molecule has 29 heavy (non-hydrogen) atoms. The molecule has 8 heteroatoms. The lowest BCUT2D eigenvalue weighted by atomic mass is 10.00. The van der Waals surface area contributed by atoms with Crippen molar-refractivity contribution in [2.75, 3.05) is 11.9 Å². The molecule has 2 aromatic carbocycles. The molecule has 2 atom stereocenters. The van der Waals surface area contributed by atoms with Crippen LogP contribution in [-0.2, 0) is 20.9 Å². The SMILES string of the molecule is CCNC(=O)C1C(c2cccc(NC(C)=O)c2)OC(=O)N1Cc1ccc(F)cc1. The second kappa shape index (κ2) is 8.72. The largest absolute Gasteiger partial charge is 0.438 e. The molecular formula is C21H22FN3O4. The maximum absolute atomic E-state index is 13.2. The van der Waals surface area contributed by atoms with Crippen molar-refractivity contribution < 1.29 is 23.5 Å². The summed E-state index contributed by atoms with van der Waals surface area (Å²) in [4.78, 5) is 38.0. The number of amides is 3. The maximum atomic E-state index is 13.2. The number of anilines is 1. The smallest absolute Gasteiger partial charge is 0.411 e. The van der Waals surface area contributed by atoms with Gasteiger partial charge < -0.3 is 15.4 Å². The molecule has 3 rings (SSSR count). The molecule has 7 nitrogen and oxygen atoms in total. The third-order valence-corrected chi connectivity index (χ3v) is 4.51. The molecule has 1 aliphatic rings. The molecular weight excluding hydrogens is 377 g/mol. The van der Waals surface area contributed by atoms with Gasteiger partial charge in [-0.15, -0.1) is 0 Å². The van der Waals surface area contributed by atoms with Gasteiger partial charge in [-0.3, -0.25) is 14.5 Å². The Balaban J connectivity index is 1.92. The Kier molecular flexibility index (Phi) is 6.11. The van der Waals surface area contributed by atoms with Crippen LogP contribution < -0.4 is 10.6 Å². The van der Waals surface area contributed by atoms with E-state index >= 15 is 0 Å². The molecule has 0 spiro atoms. The highest BCUT2D eigenvalue weighted by molar-refractivity contribution is 5.90. The molecule has 0 saturated carbocycles. The van der Waals surface area contributed by atoms with Crippen LogP contribution in [0.4, 0.5) is 14.9 Å². The number of nitrogens with zero attached hydrogens (tertiary/aromatic N) is 1. The van der Waals surface area contributed by atoms with Crippen LogP contribution in [0.1, 0.15) is 31.1 Å². The van der Waals surface area contributed by atoms with Gasteiger partial charge in [-0.2, -0.15) is 0 Å². The number of ether oxygens (including phenoxy) is 1. The van der Waals surface area contributed by atoms with Gasteiger partial charge >= 0.3 is 6.09 Å². The van der Waals surface area contributed by atoms with Crippen molar-refractivity contribution in [2.45, 2.75) is 32.5 Å². The fourth-order valence-electron chi connectivity index (χ4n) is 3.27. The Hall–Kier alpha value is -3.42. The number of hydrogen-bond acceptors (Lipinski definition) is 4. The van der Waals surface area contributed by atoms with Crippen molar-refractivity contribution in [1.29, 1.82) is 0 Å². The highest BCUT2D eigenvalue weighted by atomic mass is 19.1. The van der Waals surface area contributed by atoms with Crippen molar-refractivity contribution in [3.05, 3.63) is 65.5 Å². The molecule has 0 radical (unpaired) electrons. The summed E-state index contributed by atoms with van der Waals surface area (Å²) in [5.41, 5.74) is 1.80. The fourth-order valence-corrected chi connectivity index (χ4v) is 3.27. The van der Waals surface area contributed by atoms with Gasteiger partial charge in [0.1, 0.15) is 5.82 Å². The summed E-state index contributed by atoms with van der Waals surface area (Å²) >= 11 is 0. The van der Waals surface area contributed by atoms with Crippen LogP contribution in [0.15, 0.2) is 48.5 Å². The first-order valence-corrected chi connectivity index (χ1v) is 9.26. The fraction of sp³-hybridized carbons (Fsp3) is 0.286. The van der Waals surface area contributed by atoms with E-state index in [-0.39, 0.29) is 24.2 Å². The van der Waals surface area contributed by atoms with Crippen molar-refractivity contribution in [2.24, 2.45) is 0 Å². The summed E-state index contributed by atoms with van der Waals surface area (Å²) in [7, 11) is 0. The molecule has 1 aliphatic heterocycles. The Morgan fingerprint density at radius 2 is 1.90 bits per heavy atom. The van der Waals surface area contributed by atoms with E-state index in [1.807, 2.05) is 0 Å². The molecule has 1 saturated heterocycles. The lowest BCUT2D eigenvalue weighted by molar-refractivity contribution is -0.126. The van der Waals surface area contributed by atoms with E-state index in [9.17, 15) is 18.8 Å². The Bertz CT molecular complexity index is 916. The Labute approximate surface area is 167 Å². The number of cyclic esters (lactones) is 1. The summed E-state index contributed by atoms with van der Waals surface area (Å²) in [6, 6.07) is 11.6. The van der Waals surface area contributed by atoms with Gasteiger partial charge in [0.15, 0.2) is 12.1 Å². The van der Waals surface area contributed by atoms with E-state index in [1.54, 1.807) is 43.3 Å². The third kappa shape index (κ3) is 4.71. The van der Waals surface area contributed by atoms with E-state index in [2.05, 4.69) is 10.6 Å². The highest BCUT2D eigenvalue weighted by Gasteiger charge is 2.46. The second-order valence-corrected chi connectivity index (χ2v) is 6.70. The molecule has 2 N–H and O–H groups in total. The van der Waals surface area contributed by atoms with Gasteiger partial charge in [0.05, 0.1) is 6.54 Å². The summed E-state index contributed by atoms with van der Waals surface area (Å²) < 4.78 is 18.7. The van der Waals surface area contributed by atoms with Crippen LogP contribution in [0.25, 0.3) is 0 Å². The van der Waals surface area contributed by atoms with Gasteiger partial charge in [-0.05, 0) is 42.3 Å². The van der Waals surface area contributed by atoms with Gasteiger partial charge in [0.25, 0.3) is 0 Å². The molecule has 152 valence electrons. The summed E-state index contributed by atoms with van der Waals surface area (Å²) in [6.07, 6.45) is -1.48. The highest BCUT2D eigenvalue weighted by Crippen LogP contribution is 2.35. The minimum absolute atomic E-state index is 0.100. The number of benzene rings is 2. The quantitative estimate of drug-likeness (QED) is 0.782. The van der Waals surface area contributed by atoms with Gasteiger partial charge in [-0.1, -0.05) is 24.3 Å². The minimum atomic E-state index is -0.903. The Morgan fingerprint density at radius 3 is 2.55 bits per heavy atom. The molecule has 1 fully saturated rings. The predicted octanol–water partition coefficient (Wildman–Crippen LogP) is 2.98. The normalized spacial score (nSPS) is 18.3. The predicted molar refractivity (Wildman–Crippen MR) is 104 cm³/mol. The lowest BCUT2D eigenvalue weighted by Gasteiger charge is -2.24. The number of carbonyl (C=O) groups excluding carboxylic acids is 3. The Morgan fingerprint density at radius 1 is 1.17 bits per heavy atom. The van der Waals surface area contributed by atoms with Crippen LogP contribution in [-0.4, -0.2) is 35.4 Å². The molecule has 1 heterocycles. The second-order valence-electron chi connectivity index (χ2n) is 6.70. The number of nitrogens with one attached hydrogen (secondary N) is 2. The van der Waals surface area contributed by atoms with Crippen LogP contribution in [0, 0.1) is 5.82 Å². The van der Waals surface area contributed by atoms with E-state index in [1.165, 1.54) is 24.0 Å². The third-order valence-electron chi connectivity index (χ3n) is 4.51. The molecule has 2 aromatic rings. The molecule has 0 aromatic heterocycles. The number of hydrogen-bond donors (Lipinski definition) is 2. The van der Waals surface area contributed by atoms with E-state index in [0.29, 0.717) is 23.4 Å². The van der Waals surface area contributed by atoms with Gasteiger partial charge in [0, 0.05) is 19.2 Å². The zero-order valence-electron chi connectivity index (χ0n) is 16.1. The topological polar surface area (TPSA) is 87.7 Å². The monoisotopic (exact) mass is 399 g/mol. The summed E-state index contributed by atoms with van der Waals surface area (Å²) in [5.74, 6) is -0.968. The number of halogens is 1. The zero-order chi connectivity index (χ0) is 21.0. The van der Waals surface area contributed by atoms with Crippen LogP contribution in [0.5, 0.6) is 0 Å². The average molecular weight is 399 g/mol. The van der Waals surface area contributed by atoms with Crippen LogP contribution >= 0.6 is 0 Å². The summed E-state index contributed by atoms with van der Waals surface area (Å²) in [5, 5.41) is 5.41. The zero-order valence-corrected chi connectivity index (χ0v) is 16.1. The minimum Gasteiger partial charge on any atom is -0.438 e. The van der Waals surface area contributed by atoms with Gasteiger partial charge in [0.2, 0.25) is 11.8 Å². The molecule has 2 unspecified atom stereocenters. The lowest BCUT2D eigenvalue weighted by Crippen LogP contribution is -2.46. The number of likely N-dealkylation sites (N-methyl/N-ethyl adjacent to an activating group) is 1. The first-order chi connectivity index (χ1) is 13.9. The van der Waals surface area contributed by atoms with Crippen molar-refractivity contribution in [3.8, 4) is 0 Å². The van der Waals surface area contributed by atoms with Crippen molar-refractivity contribution in [3.63, 3.8) is 0 Å². The van der Waals surface area contributed by atoms with Crippen molar-refractivity contribution in [1.82, 2.24) is 10.2 Å². The standard InChI is InChI=1S/C21H22FN3O4/c1-3-23-20(27)18-19(15-5-4-6-17(11-15)24-13(2)26)29-21(28)25(18)12-14-7-9-16(22)10-8-14/h4-11,18-19H,3,12H2,1-2H3,(H,23,27)(H,24,26). The van der Waals surface area contributed by atoms with Crippen LogP contribution in [0.2, 0.25) is 0 Å². The van der Waals surface area contributed by atoms with E-state index in [4.69, 9.17) is 4.74 Å². The number of rotatable bonds is 6. The van der Waals surface area contributed by atoms with E-state index < -0.39 is 18.2 Å². The molecule has 0 bridgehead atoms. The first-order valence-electron chi connectivity index (χ1n) is 9.26. The van der Waals surface area contributed by atoms with Gasteiger partial charge in [-0.25, -0.2) is 9.18 Å². The molecule has 3 amide bonds.